The second-order valence-corrected chi connectivity index (χ2v) is 6.47. The lowest BCUT2D eigenvalue weighted by atomic mass is 10.2. The number of hydrogen-bond donors (Lipinski definition) is 0. The van der Waals surface area contributed by atoms with Gasteiger partial charge in [0.2, 0.25) is 0 Å². The smallest absolute Gasteiger partial charge is 0.463 e. The summed E-state index contributed by atoms with van der Waals surface area (Å²) in [5, 5.41) is 0. The SMILES string of the molecule is CCC(C)[Si](OC(C)=O)OC(C)(C)C. The summed E-state index contributed by atoms with van der Waals surface area (Å²) < 4.78 is 11.0. The van der Waals surface area contributed by atoms with Gasteiger partial charge in [-0.25, -0.2) is 0 Å². The van der Waals surface area contributed by atoms with E-state index in [1.165, 1.54) is 6.92 Å². The number of rotatable bonds is 4. The van der Waals surface area contributed by atoms with Crippen LogP contribution in [0.3, 0.4) is 0 Å². The number of hydrogen-bond acceptors (Lipinski definition) is 3. The van der Waals surface area contributed by atoms with Crippen LogP contribution in [0.15, 0.2) is 0 Å². The second kappa shape index (κ2) is 5.51. The molecule has 0 aliphatic heterocycles. The van der Waals surface area contributed by atoms with E-state index in [4.69, 9.17) is 8.85 Å². The predicted octanol–water partition coefficient (Wildman–Crippen LogP) is 2.65. The first-order valence-corrected chi connectivity index (χ1v) is 6.40. The molecule has 14 heavy (non-hydrogen) atoms. The van der Waals surface area contributed by atoms with Crippen LogP contribution in [0, 0.1) is 0 Å². The maximum atomic E-state index is 10.9. The van der Waals surface area contributed by atoms with Gasteiger partial charge in [0.15, 0.2) is 0 Å². The molecular formula is C10H21O3Si. The summed E-state index contributed by atoms with van der Waals surface area (Å²) in [5.41, 5.74) is 0.0795. The summed E-state index contributed by atoms with van der Waals surface area (Å²) in [5.74, 6) is -0.247. The van der Waals surface area contributed by atoms with Crippen molar-refractivity contribution < 1.29 is 13.6 Å². The van der Waals surface area contributed by atoms with E-state index in [0.29, 0.717) is 5.54 Å². The van der Waals surface area contributed by atoms with Gasteiger partial charge in [-0.2, -0.15) is 0 Å². The van der Waals surface area contributed by atoms with Gasteiger partial charge in [0, 0.05) is 12.5 Å². The van der Waals surface area contributed by atoms with Crippen molar-refractivity contribution in [2.24, 2.45) is 0 Å². The molecule has 0 aliphatic rings. The van der Waals surface area contributed by atoms with Crippen LogP contribution in [-0.2, 0) is 13.6 Å². The molecule has 83 valence electrons. The Morgan fingerprint density at radius 2 is 1.93 bits per heavy atom. The van der Waals surface area contributed by atoms with E-state index in [0.717, 1.165) is 6.42 Å². The molecule has 0 aromatic heterocycles. The van der Waals surface area contributed by atoms with Crippen molar-refractivity contribution in [2.45, 2.75) is 59.1 Å². The van der Waals surface area contributed by atoms with Gasteiger partial charge in [-0.15, -0.1) is 0 Å². The molecule has 0 saturated carbocycles. The summed E-state index contributed by atoms with van der Waals surface area (Å²) in [6.45, 7) is 11.5. The third kappa shape index (κ3) is 6.15. The Morgan fingerprint density at radius 3 is 2.21 bits per heavy atom. The van der Waals surface area contributed by atoms with Crippen LogP contribution in [0.5, 0.6) is 0 Å². The third-order valence-corrected chi connectivity index (χ3v) is 4.18. The minimum absolute atomic E-state index is 0.243. The highest BCUT2D eigenvalue weighted by Gasteiger charge is 2.31. The average Bonchev–Trinajstić information content (AvgIpc) is 1.98. The van der Waals surface area contributed by atoms with Crippen LogP contribution in [0.1, 0.15) is 48.0 Å². The molecule has 0 amide bonds. The predicted molar refractivity (Wildman–Crippen MR) is 58.1 cm³/mol. The lowest BCUT2D eigenvalue weighted by Gasteiger charge is -2.27. The lowest BCUT2D eigenvalue weighted by Crippen LogP contribution is -2.37. The van der Waals surface area contributed by atoms with E-state index in [-0.39, 0.29) is 11.6 Å². The Balaban J connectivity index is 4.32. The van der Waals surface area contributed by atoms with Gasteiger partial charge >= 0.3 is 9.28 Å². The van der Waals surface area contributed by atoms with Gasteiger partial charge in [-0.3, -0.25) is 4.79 Å². The van der Waals surface area contributed by atoms with Gasteiger partial charge < -0.3 is 8.85 Å². The second-order valence-electron chi connectivity index (χ2n) is 4.44. The largest absolute Gasteiger partial charge is 0.492 e. The fraction of sp³-hybridized carbons (Fsp3) is 0.900. The number of carbonyl (C=O) groups excluding carboxylic acids is 1. The van der Waals surface area contributed by atoms with E-state index in [1.807, 2.05) is 20.8 Å². The van der Waals surface area contributed by atoms with Crippen molar-refractivity contribution in [2.75, 3.05) is 0 Å². The van der Waals surface area contributed by atoms with Crippen LogP contribution in [0.25, 0.3) is 0 Å². The molecule has 0 fully saturated rings. The highest BCUT2D eigenvalue weighted by molar-refractivity contribution is 6.48. The average molecular weight is 217 g/mol. The van der Waals surface area contributed by atoms with Crippen molar-refractivity contribution in [3.8, 4) is 0 Å². The summed E-state index contributed by atoms with van der Waals surface area (Å²) in [6, 6.07) is 0. The highest BCUT2D eigenvalue weighted by atomic mass is 28.3. The van der Waals surface area contributed by atoms with E-state index in [2.05, 4.69) is 13.8 Å². The van der Waals surface area contributed by atoms with Crippen molar-refractivity contribution in [3.05, 3.63) is 0 Å². The molecule has 0 spiro atoms. The van der Waals surface area contributed by atoms with E-state index >= 15 is 0 Å². The molecule has 0 N–H and O–H groups in total. The fourth-order valence-corrected chi connectivity index (χ4v) is 2.50. The molecule has 3 nitrogen and oxygen atoms in total. The summed E-state index contributed by atoms with van der Waals surface area (Å²) >= 11 is 0. The van der Waals surface area contributed by atoms with Crippen LogP contribution in [0.4, 0.5) is 0 Å². The molecule has 1 radical (unpaired) electrons. The third-order valence-electron chi connectivity index (χ3n) is 1.67. The molecule has 4 heteroatoms. The maximum Gasteiger partial charge on any atom is 0.463 e. The van der Waals surface area contributed by atoms with Crippen LogP contribution in [0.2, 0.25) is 5.54 Å². The van der Waals surface area contributed by atoms with Crippen molar-refractivity contribution >= 4 is 15.3 Å². The molecular weight excluding hydrogens is 196 g/mol. The van der Waals surface area contributed by atoms with Crippen molar-refractivity contribution in [3.63, 3.8) is 0 Å². The van der Waals surface area contributed by atoms with Crippen LogP contribution >= 0.6 is 0 Å². The van der Waals surface area contributed by atoms with Gasteiger partial charge in [0.05, 0.1) is 5.60 Å². The van der Waals surface area contributed by atoms with Gasteiger partial charge in [0.25, 0.3) is 5.97 Å². The molecule has 0 aliphatic carbocycles. The molecule has 0 saturated heterocycles. The van der Waals surface area contributed by atoms with Crippen LogP contribution < -0.4 is 0 Å². The molecule has 0 aromatic rings. The molecule has 0 bridgehead atoms. The van der Waals surface area contributed by atoms with E-state index < -0.39 is 9.28 Å². The molecule has 0 rings (SSSR count). The lowest BCUT2D eigenvalue weighted by molar-refractivity contribution is -0.134. The zero-order valence-electron chi connectivity index (χ0n) is 10.0. The topological polar surface area (TPSA) is 35.5 Å². The standard InChI is InChI=1S/C10H21O3Si/c1-7-8(2)14(12-9(3)11)13-10(4,5)6/h8H,7H2,1-6H3. The van der Waals surface area contributed by atoms with Crippen LogP contribution in [-0.4, -0.2) is 20.9 Å². The molecule has 1 unspecified atom stereocenters. The minimum Gasteiger partial charge on any atom is -0.492 e. The Morgan fingerprint density at radius 1 is 1.43 bits per heavy atom. The Kier molecular flexibility index (Phi) is 5.37. The molecule has 0 heterocycles. The fourth-order valence-electron chi connectivity index (χ4n) is 0.832. The minimum atomic E-state index is -1.48. The highest BCUT2D eigenvalue weighted by Crippen LogP contribution is 2.21. The zero-order chi connectivity index (χ0) is 11.4. The van der Waals surface area contributed by atoms with Gasteiger partial charge in [-0.1, -0.05) is 20.3 Å². The number of carbonyl (C=O) groups is 1. The quantitative estimate of drug-likeness (QED) is 0.679. The van der Waals surface area contributed by atoms with Crippen molar-refractivity contribution in [1.29, 1.82) is 0 Å². The van der Waals surface area contributed by atoms with Crippen molar-refractivity contribution in [1.82, 2.24) is 0 Å². The van der Waals surface area contributed by atoms with E-state index in [9.17, 15) is 4.79 Å². The van der Waals surface area contributed by atoms with Gasteiger partial charge in [0.1, 0.15) is 0 Å². The Bertz CT molecular complexity index is 186. The molecule has 0 aromatic carbocycles. The Labute approximate surface area is 88.6 Å². The first kappa shape index (κ1) is 13.6. The first-order chi connectivity index (χ1) is 6.26. The molecule has 1 atom stereocenters. The normalized spacial score (nSPS) is 14.2. The maximum absolute atomic E-state index is 10.9. The summed E-state index contributed by atoms with van der Waals surface area (Å²) in [7, 11) is -1.48. The summed E-state index contributed by atoms with van der Waals surface area (Å²) in [4.78, 5) is 10.9. The Hall–Kier alpha value is -0.353. The summed E-state index contributed by atoms with van der Waals surface area (Å²) in [6.07, 6.45) is 0.970. The van der Waals surface area contributed by atoms with Gasteiger partial charge in [-0.05, 0) is 20.8 Å². The van der Waals surface area contributed by atoms with E-state index in [1.54, 1.807) is 0 Å². The zero-order valence-corrected chi connectivity index (χ0v) is 11.0. The first-order valence-electron chi connectivity index (χ1n) is 5.00. The monoisotopic (exact) mass is 217 g/mol.